The van der Waals surface area contributed by atoms with Crippen molar-refractivity contribution >= 4 is 0 Å². The van der Waals surface area contributed by atoms with Crippen molar-refractivity contribution in [3.63, 3.8) is 0 Å². The highest BCUT2D eigenvalue weighted by Crippen LogP contribution is 2.35. The largest absolute Gasteiger partial charge is 0.372 e. The molecule has 0 aromatic carbocycles. The fourth-order valence-corrected chi connectivity index (χ4v) is 2.82. The zero-order valence-electron chi connectivity index (χ0n) is 9.43. The van der Waals surface area contributed by atoms with Crippen LogP contribution in [0.3, 0.4) is 0 Å². The van der Waals surface area contributed by atoms with Gasteiger partial charge in [-0.05, 0) is 25.8 Å². The molecule has 1 aliphatic heterocycles. The van der Waals surface area contributed by atoms with Crippen LogP contribution in [0.15, 0.2) is 0 Å². The lowest BCUT2D eigenvalue weighted by Gasteiger charge is -2.40. The van der Waals surface area contributed by atoms with Crippen LogP contribution in [0.4, 0.5) is 0 Å². The van der Waals surface area contributed by atoms with Gasteiger partial charge >= 0.3 is 0 Å². The normalized spacial score (nSPS) is 27.2. The fourth-order valence-electron chi connectivity index (χ4n) is 2.82. The summed E-state index contributed by atoms with van der Waals surface area (Å²) >= 11 is 0. The van der Waals surface area contributed by atoms with Gasteiger partial charge in [-0.25, -0.2) is 0 Å². The molecule has 0 aromatic rings. The molecule has 2 rings (SSSR count). The van der Waals surface area contributed by atoms with Crippen LogP contribution < -0.4 is 0 Å². The maximum absolute atomic E-state index is 5.99. The first-order valence-corrected chi connectivity index (χ1v) is 6.21. The summed E-state index contributed by atoms with van der Waals surface area (Å²) in [5.74, 6) is 0. The summed E-state index contributed by atoms with van der Waals surface area (Å²) in [4.78, 5) is 2.61. The number of hydrogen-bond acceptors (Lipinski definition) is 2. The molecule has 1 aliphatic carbocycles. The van der Waals surface area contributed by atoms with Crippen molar-refractivity contribution in [2.75, 3.05) is 26.2 Å². The van der Waals surface area contributed by atoms with Gasteiger partial charge in [-0.1, -0.05) is 26.2 Å². The van der Waals surface area contributed by atoms with Gasteiger partial charge in [0, 0.05) is 13.1 Å². The van der Waals surface area contributed by atoms with Crippen LogP contribution in [-0.2, 0) is 4.74 Å². The van der Waals surface area contributed by atoms with Crippen molar-refractivity contribution in [1.82, 2.24) is 4.90 Å². The standard InChI is InChI=1S/C12H23NO/c1-2-3-8-13-9-10-14-12(11-13)6-4-5-7-12/h2-11H2,1H3. The topological polar surface area (TPSA) is 12.5 Å². The third-order valence-electron chi connectivity index (χ3n) is 3.67. The van der Waals surface area contributed by atoms with E-state index in [1.165, 1.54) is 51.6 Å². The molecule has 2 nitrogen and oxygen atoms in total. The first kappa shape index (κ1) is 10.4. The van der Waals surface area contributed by atoms with E-state index < -0.39 is 0 Å². The molecule has 1 saturated heterocycles. The van der Waals surface area contributed by atoms with Gasteiger partial charge in [0.2, 0.25) is 0 Å². The van der Waals surface area contributed by atoms with Gasteiger partial charge in [0.1, 0.15) is 0 Å². The van der Waals surface area contributed by atoms with Gasteiger partial charge in [0.05, 0.1) is 12.2 Å². The lowest BCUT2D eigenvalue weighted by molar-refractivity contribution is -0.104. The Bertz CT molecular complexity index is 175. The first-order chi connectivity index (χ1) is 6.85. The van der Waals surface area contributed by atoms with E-state index in [9.17, 15) is 0 Å². The molecular weight excluding hydrogens is 174 g/mol. The molecule has 1 heterocycles. The molecule has 0 atom stereocenters. The monoisotopic (exact) mass is 197 g/mol. The van der Waals surface area contributed by atoms with Gasteiger partial charge in [-0.2, -0.15) is 0 Å². The minimum atomic E-state index is 0.270. The third-order valence-corrected chi connectivity index (χ3v) is 3.67. The highest BCUT2D eigenvalue weighted by atomic mass is 16.5. The molecule has 0 amide bonds. The van der Waals surface area contributed by atoms with Crippen LogP contribution in [0.2, 0.25) is 0 Å². The molecule has 2 fully saturated rings. The van der Waals surface area contributed by atoms with Gasteiger partial charge < -0.3 is 4.74 Å². The highest BCUT2D eigenvalue weighted by molar-refractivity contribution is 4.91. The summed E-state index contributed by atoms with van der Waals surface area (Å²) in [5, 5.41) is 0. The summed E-state index contributed by atoms with van der Waals surface area (Å²) in [5.41, 5.74) is 0.270. The Labute approximate surface area is 87.6 Å². The summed E-state index contributed by atoms with van der Waals surface area (Å²) < 4.78 is 5.99. The second-order valence-electron chi connectivity index (χ2n) is 4.87. The van der Waals surface area contributed by atoms with Crippen molar-refractivity contribution in [2.24, 2.45) is 0 Å². The lowest BCUT2D eigenvalue weighted by Crippen LogP contribution is -2.50. The number of rotatable bonds is 3. The van der Waals surface area contributed by atoms with E-state index in [0.29, 0.717) is 0 Å². The maximum atomic E-state index is 5.99. The number of hydrogen-bond donors (Lipinski definition) is 0. The average molecular weight is 197 g/mol. The molecule has 1 saturated carbocycles. The predicted molar refractivity (Wildman–Crippen MR) is 58.5 cm³/mol. The molecule has 0 bridgehead atoms. The van der Waals surface area contributed by atoms with E-state index in [0.717, 1.165) is 13.2 Å². The molecule has 82 valence electrons. The summed E-state index contributed by atoms with van der Waals surface area (Å²) in [6.45, 7) is 6.87. The predicted octanol–water partition coefficient (Wildman–Crippen LogP) is 2.43. The van der Waals surface area contributed by atoms with Crippen LogP contribution in [-0.4, -0.2) is 36.7 Å². The van der Waals surface area contributed by atoms with Gasteiger partial charge in [-0.15, -0.1) is 0 Å². The van der Waals surface area contributed by atoms with Crippen molar-refractivity contribution < 1.29 is 4.74 Å². The molecule has 1 spiro atoms. The van der Waals surface area contributed by atoms with Crippen LogP contribution in [0.25, 0.3) is 0 Å². The molecule has 0 radical (unpaired) electrons. The van der Waals surface area contributed by atoms with E-state index >= 15 is 0 Å². The summed E-state index contributed by atoms with van der Waals surface area (Å²) in [6, 6.07) is 0. The summed E-state index contributed by atoms with van der Waals surface area (Å²) in [6.07, 6.45) is 8.01. The molecule has 14 heavy (non-hydrogen) atoms. The second kappa shape index (κ2) is 4.63. The maximum Gasteiger partial charge on any atom is 0.0809 e. The van der Waals surface area contributed by atoms with Crippen molar-refractivity contribution in [3.05, 3.63) is 0 Å². The number of ether oxygens (including phenoxy) is 1. The van der Waals surface area contributed by atoms with Gasteiger partial charge in [0.25, 0.3) is 0 Å². The third kappa shape index (κ3) is 2.29. The van der Waals surface area contributed by atoms with Crippen LogP contribution in [0.5, 0.6) is 0 Å². The second-order valence-corrected chi connectivity index (χ2v) is 4.87. The highest BCUT2D eigenvalue weighted by Gasteiger charge is 2.38. The van der Waals surface area contributed by atoms with Crippen molar-refractivity contribution in [3.8, 4) is 0 Å². The Morgan fingerprint density at radius 1 is 1.29 bits per heavy atom. The minimum Gasteiger partial charge on any atom is -0.372 e. The molecule has 2 heteroatoms. The Hall–Kier alpha value is -0.0800. The Balaban J connectivity index is 1.83. The SMILES string of the molecule is CCCCN1CCOC2(CCCC2)C1. The number of morpholine rings is 1. The van der Waals surface area contributed by atoms with Crippen LogP contribution >= 0.6 is 0 Å². The number of unbranched alkanes of at least 4 members (excludes halogenated alkanes) is 1. The van der Waals surface area contributed by atoms with Gasteiger partial charge in [-0.3, -0.25) is 4.90 Å². The van der Waals surface area contributed by atoms with Crippen LogP contribution in [0, 0.1) is 0 Å². The number of nitrogens with zero attached hydrogens (tertiary/aromatic N) is 1. The molecule has 0 aromatic heterocycles. The van der Waals surface area contributed by atoms with Crippen molar-refractivity contribution in [2.45, 2.75) is 51.0 Å². The zero-order chi connectivity index (χ0) is 9.86. The lowest BCUT2D eigenvalue weighted by atomic mass is 9.99. The van der Waals surface area contributed by atoms with Gasteiger partial charge in [0.15, 0.2) is 0 Å². The van der Waals surface area contributed by atoms with E-state index in [2.05, 4.69) is 11.8 Å². The molecule has 0 unspecified atom stereocenters. The summed E-state index contributed by atoms with van der Waals surface area (Å²) in [7, 11) is 0. The smallest absolute Gasteiger partial charge is 0.0809 e. The average Bonchev–Trinajstić information content (AvgIpc) is 2.63. The quantitative estimate of drug-likeness (QED) is 0.689. The van der Waals surface area contributed by atoms with E-state index in [4.69, 9.17) is 4.74 Å². The molecule has 2 aliphatic rings. The zero-order valence-corrected chi connectivity index (χ0v) is 9.43. The molecular formula is C12H23NO. The van der Waals surface area contributed by atoms with E-state index in [-0.39, 0.29) is 5.60 Å². The molecule has 0 N–H and O–H groups in total. The fraction of sp³-hybridized carbons (Fsp3) is 1.00. The van der Waals surface area contributed by atoms with Crippen LogP contribution in [0.1, 0.15) is 45.4 Å². The minimum absolute atomic E-state index is 0.270. The Morgan fingerprint density at radius 2 is 2.07 bits per heavy atom. The Morgan fingerprint density at radius 3 is 2.79 bits per heavy atom. The van der Waals surface area contributed by atoms with E-state index in [1.807, 2.05) is 0 Å². The van der Waals surface area contributed by atoms with E-state index in [1.54, 1.807) is 0 Å². The first-order valence-electron chi connectivity index (χ1n) is 6.21. The Kier molecular flexibility index (Phi) is 3.45. The van der Waals surface area contributed by atoms with Crippen molar-refractivity contribution in [1.29, 1.82) is 0 Å².